The second-order valence-electron chi connectivity index (χ2n) is 3.61. The predicted octanol–water partition coefficient (Wildman–Crippen LogP) is 2.34. The summed E-state index contributed by atoms with van der Waals surface area (Å²) in [6.07, 6.45) is 3.08. The molecule has 2 aromatic heterocycles. The molecule has 5 heteroatoms. The van der Waals surface area contributed by atoms with Crippen LogP contribution in [-0.2, 0) is 12.8 Å². The fraction of sp³-hybridized carbons (Fsp3) is 0.455. The van der Waals surface area contributed by atoms with E-state index in [-0.39, 0.29) is 0 Å². The van der Waals surface area contributed by atoms with Crippen molar-refractivity contribution in [2.45, 2.75) is 19.3 Å². The smallest absolute Gasteiger partial charge is 0.121 e. The minimum absolute atomic E-state index is 0.924. The molecule has 0 spiro atoms. The first kappa shape index (κ1) is 11.7. The van der Waals surface area contributed by atoms with Gasteiger partial charge in [0.25, 0.3) is 0 Å². The van der Waals surface area contributed by atoms with Gasteiger partial charge in [0.05, 0.1) is 0 Å². The lowest BCUT2D eigenvalue weighted by atomic mass is 10.3. The molecule has 0 atom stereocenters. The van der Waals surface area contributed by atoms with E-state index < -0.39 is 0 Å². The Morgan fingerprint density at radius 3 is 2.94 bits per heavy atom. The molecule has 0 aliphatic carbocycles. The minimum atomic E-state index is 0.924. The fourth-order valence-electron chi connectivity index (χ4n) is 1.45. The third-order valence-corrected chi connectivity index (χ3v) is 3.98. The van der Waals surface area contributed by atoms with E-state index in [1.807, 2.05) is 7.05 Å². The number of thiophene rings is 1. The average molecular weight is 253 g/mol. The average Bonchev–Trinajstić information content (AvgIpc) is 2.91. The Kier molecular flexibility index (Phi) is 4.44. The number of hydrogen-bond acceptors (Lipinski definition) is 5. The third kappa shape index (κ3) is 3.37. The topological polar surface area (TPSA) is 37.8 Å². The highest BCUT2D eigenvalue weighted by Gasteiger charge is 2.05. The van der Waals surface area contributed by atoms with E-state index in [0.717, 1.165) is 35.8 Å². The second kappa shape index (κ2) is 6.08. The number of aromatic nitrogens is 2. The summed E-state index contributed by atoms with van der Waals surface area (Å²) in [5.74, 6) is 0. The van der Waals surface area contributed by atoms with Gasteiger partial charge in [-0.3, -0.25) is 0 Å². The lowest BCUT2D eigenvalue weighted by Gasteiger charge is -1.94. The van der Waals surface area contributed by atoms with Gasteiger partial charge in [-0.1, -0.05) is 0 Å². The van der Waals surface area contributed by atoms with Crippen LogP contribution < -0.4 is 5.32 Å². The molecule has 0 bridgehead atoms. The van der Waals surface area contributed by atoms with Gasteiger partial charge < -0.3 is 5.32 Å². The molecule has 1 N–H and O–H groups in total. The van der Waals surface area contributed by atoms with Crippen molar-refractivity contribution in [1.82, 2.24) is 15.5 Å². The lowest BCUT2D eigenvalue weighted by Crippen LogP contribution is -2.08. The summed E-state index contributed by atoms with van der Waals surface area (Å²) < 4.78 is 0. The van der Waals surface area contributed by atoms with Crippen LogP contribution in [0.3, 0.4) is 0 Å². The molecule has 0 aromatic carbocycles. The summed E-state index contributed by atoms with van der Waals surface area (Å²) in [6.45, 7) is 1.04. The Balaban J connectivity index is 1.87. The zero-order chi connectivity index (χ0) is 11.2. The first-order chi connectivity index (χ1) is 7.88. The molecule has 86 valence electrons. The number of nitrogens with zero attached hydrogens (tertiary/aromatic N) is 2. The van der Waals surface area contributed by atoms with Crippen molar-refractivity contribution in [1.29, 1.82) is 0 Å². The Labute approximate surface area is 104 Å². The molecule has 2 heterocycles. The van der Waals surface area contributed by atoms with Gasteiger partial charge in [0, 0.05) is 12.8 Å². The quantitative estimate of drug-likeness (QED) is 0.803. The summed E-state index contributed by atoms with van der Waals surface area (Å²) in [7, 11) is 1.97. The van der Waals surface area contributed by atoms with Gasteiger partial charge in [-0.2, -0.15) is 11.3 Å². The van der Waals surface area contributed by atoms with Crippen LogP contribution >= 0.6 is 22.7 Å². The summed E-state index contributed by atoms with van der Waals surface area (Å²) in [6, 6.07) is 2.15. The van der Waals surface area contributed by atoms with Crippen LogP contribution in [0.2, 0.25) is 0 Å². The van der Waals surface area contributed by atoms with Crippen molar-refractivity contribution in [3.8, 4) is 0 Å². The van der Waals surface area contributed by atoms with E-state index in [4.69, 9.17) is 0 Å². The Bertz CT molecular complexity index is 409. The monoisotopic (exact) mass is 253 g/mol. The van der Waals surface area contributed by atoms with E-state index in [1.54, 1.807) is 22.7 Å². The molecule has 0 aliphatic heterocycles. The molecule has 2 aromatic rings. The Morgan fingerprint density at radius 2 is 2.19 bits per heavy atom. The molecule has 16 heavy (non-hydrogen) atoms. The highest BCUT2D eigenvalue weighted by Crippen LogP contribution is 2.17. The predicted molar refractivity (Wildman–Crippen MR) is 69.3 cm³/mol. The Morgan fingerprint density at radius 1 is 1.31 bits per heavy atom. The molecule has 0 saturated carbocycles. The van der Waals surface area contributed by atoms with Crippen LogP contribution in [0.5, 0.6) is 0 Å². The molecule has 0 fully saturated rings. The SMILES string of the molecule is CNCCCc1nnc(Cc2ccsc2)s1. The maximum Gasteiger partial charge on any atom is 0.121 e. The summed E-state index contributed by atoms with van der Waals surface area (Å²) in [4.78, 5) is 0. The largest absolute Gasteiger partial charge is 0.320 e. The normalized spacial score (nSPS) is 10.8. The summed E-state index contributed by atoms with van der Waals surface area (Å²) in [5.41, 5.74) is 1.34. The highest BCUT2D eigenvalue weighted by molar-refractivity contribution is 7.11. The molecule has 0 unspecified atom stereocenters. The van der Waals surface area contributed by atoms with Gasteiger partial charge >= 0.3 is 0 Å². The van der Waals surface area contributed by atoms with E-state index in [0.29, 0.717) is 0 Å². The zero-order valence-electron chi connectivity index (χ0n) is 9.27. The maximum absolute atomic E-state index is 4.22. The van der Waals surface area contributed by atoms with Gasteiger partial charge in [-0.25, -0.2) is 0 Å². The standard InChI is InChI=1S/C11H15N3S2/c1-12-5-2-3-10-13-14-11(16-10)7-9-4-6-15-8-9/h4,6,8,12H,2-3,5,7H2,1H3. The van der Waals surface area contributed by atoms with Gasteiger partial charge in [0.15, 0.2) is 0 Å². The van der Waals surface area contributed by atoms with E-state index >= 15 is 0 Å². The lowest BCUT2D eigenvalue weighted by molar-refractivity contribution is 0.717. The van der Waals surface area contributed by atoms with Crippen LogP contribution in [0.4, 0.5) is 0 Å². The van der Waals surface area contributed by atoms with Crippen LogP contribution in [0.25, 0.3) is 0 Å². The van der Waals surface area contributed by atoms with Crippen molar-refractivity contribution in [2.75, 3.05) is 13.6 Å². The second-order valence-corrected chi connectivity index (χ2v) is 5.53. The minimum Gasteiger partial charge on any atom is -0.320 e. The van der Waals surface area contributed by atoms with Crippen molar-refractivity contribution in [3.63, 3.8) is 0 Å². The van der Waals surface area contributed by atoms with Crippen LogP contribution in [0, 0.1) is 0 Å². The molecular weight excluding hydrogens is 238 g/mol. The van der Waals surface area contributed by atoms with Crippen molar-refractivity contribution in [3.05, 3.63) is 32.4 Å². The molecule has 0 aliphatic rings. The molecule has 3 nitrogen and oxygen atoms in total. The number of rotatable bonds is 6. The van der Waals surface area contributed by atoms with Gasteiger partial charge in [-0.15, -0.1) is 21.5 Å². The van der Waals surface area contributed by atoms with Crippen LogP contribution in [-0.4, -0.2) is 23.8 Å². The van der Waals surface area contributed by atoms with Gasteiger partial charge in [0.2, 0.25) is 0 Å². The first-order valence-electron chi connectivity index (χ1n) is 5.35. The molecule has 0 radical (unpaired) electrons. The zero-order valence-corrected chi connectivity index (χ0v) is 10.9. The van der Waals surface area contributed by atoms with E-state index in [2.05, 4.69) is 32.3 Å². The van der Waals surface area contributed by atoms with Gasteiger partial charge in [0.1, 0.15) is 10.0 Å². The van der Waals surface area contributed by atoms with E-state index in [1.165, 1.54) is 5.56 Å². The molecule has 0 saturated heterocycles. The Hall–Kier alpha value is -0.780. The number of aryl methyl sites for hydroxylation is 1. The van der Waals surface area contributed by atoms with Crippen molar-refractivity contribution in [2.24, 2.45) is 0 Å². The van der Waals surface area contributed by atoms with Crippen LogP contribution in [0.15, 0.2) is 16.8 Å². The maximum atomic E-state index is 4.22. The third-order valence-electron chi connectivity index (χ3n) is 2.26. The van der Waals surface area contributed by atoms with Crippen molar-refractivity contribution < 1.29 is 0 Å². The number of hydrogen-bond donors (Lipinski definition) is 1. The number of nitrogens with one attached hydrogen (secondary N) is 1. The highest BCUT2D eigenvalue weighted by atomic mass is 32.1. The van der Waals surface area contributed by atoms with Crippen molar-refractivity contribution >= 4 is 22.7 Å². The first-order valence-corrected chi connectivity index (χ1v) is 7.11. The van der Waals surface area contributed by atoms with E-state index in [9.17, 15) is 0 Å². The summed E-state index contributed by atoms with van der Waals surface area (Å²) in [5, 5.41) is 18.1. The summed E-state index contributed by atoms with van der Waals surface area (Å²) >= 11 is 3.47. The molecular formula is C11H15N3S2. The van der Waals surface area contributed by atoms with Crippen LogP contribution in [0.1, 0.15) is 22.0 Å². The molecule has 2 rings (SSSR count). The fourth-order valence-corrected chi connectivity index (χ4v) is 3.03. The van der Waals surface area contributed by atoms with Gasteiger partial charge in [-0.05, 0) is 42.4 Å². The molecule has 0 amide bonds.